The van der Waals surface area contributed by atoms with E-state index in [2.05, 4.69) is 24.5 Å². The lowest BCUT2D eigenvalue weighted by molar-refractivity contribution is -0.192. The first-order valence-electron chi connectivity index (χ1n) is 12.4. The van der Waals surface area contributed by atoms with Gasteiger partial charge in [-0.2, -0.15) is 26.3 Å². The van der Waals surface area contributed by atoms with Crippen LogP contribution in [0.3, 0.4) is 0 Å². The van der Waals surface area contributed by atoms with Crippen molar-refractivity contribution in [2.45, 2.75) is 18.9 Å². The van der Waals surface area contributed by atoms with Crippen LogP contribution in [0.2, 0.25) is 0 Å². The number of fused-ring (bicyclic) bond motifs is 1. The predicted molar refractivity (Wildman–Crippen MR) is 139 cm³/mol. The number of aromatic amines is 1. The number of nitrogens with zero attached hydrogens (tertiary/aromatic N) is 4. The Kier molecular flexibility index (Phi) is 9.71. The van der Waals surface area contributed by atoms with Crippen LogP contribution in [0.1, 0.15) is 11.1 Å². The molecule has 0 atom stereocenters. The molecular weight excluding hydrogens is 615 g/mol. The summed E-state index contributed by atoms with van der Waals surface area (Å²) in [5.41, 5.74) is 0.452. The SMILES string of the molecule is O=C(O)C(F)(F)F.O=c1[nH]c(-c2ccc(CN(CCN3CCOCC3)c3nc4ccc(C(F)(F)F)cc4s3)cc2F)no1. The molecule has 3 heterocycles. The summed E-state index contributed by atoms with van der Waals surface area (Å²) in [5.74, 6) is -4.15. The van der Waals surface area contributed by atoms with Gasteiger partial charge in [0.1, 0.15) is 5.82 Å². The summed E-state index contributed by atoms with van der Waals surface area (Å²) in [5, 5.41) is 11.2. The Hall–Kier alpha value is -4.03. The second-order valence-electron chi connectivity index (χ2n) is 9.11. The Morgan fingerprint density at radius 1 is 1.09 bits per heavy atom. The maximum absolute atomic E-state index is 14.8. The Bertz CT molecular complexity index is 1610. The van der Waals surface area contributed by atoms with Crippen molar-refractivity contribution in [2.75, 3.05) is 44.3 Å². The Labute approximate surface area is 241 Å². The summed E-state index contributed by atoms with van der Waals surface area (Å²) in [6.07, 6.45) is -9.53. The van der Waals surface area contributed by atoms with Crippen molar-refractivity contribution in [1.82, 2.24) is 20.0 Å². The van der Waals surface area contributed by atoms with E-state index in [0.29, 0.717) is 47.2 Å². The number of hydrogen-bond donors (Lipinski definition) is 2. The third-order valence-corrected chi connectivity index (χ3v) is 7.19. The monoisotopic (exact) mass is 637 g/mol. The highest BCUT2D eigenvalue weighted by Gasteiger charge is 2.38. The van der Waals surface area contributed by atoms with Gasteiger partial charge in [-0.15, -0.1) is 0 Å². The standard InChI is InChI=1S/C23H21F4N5O3S.C2HF3O2/c24-17-11-14(1-3-16(17)20-29-22(33)35-30-20)13-32(6-5-31-7-9-34-10-8-31)21-28-18-4-2-15(23(25,26)27)12-19(18)36-21;3-2(4,5)1(6)7/h1-4,11-12H,5-10,13H2,(H,29,30,33);(H,6,7). The third kappa shape index (κ3) is 8.51. The number of anilines is 1. The Balaban J connectivity index is 0.000000541. The molecule has 0 unspecified atom stereocenters. The van der Waals surface area contributed by atoms with E-state index >= 15 is 0 Å². The van der Waals surface area contributed by atoms with Crippen LogP contribution in [0.5, 0.6) is 0 Å². The molecule has 0 saturated carbocycles. The summed E-state index contributed by atoms with van der Waals surface area (Å²) >= 11 is 1.16. The number of H-pyrrole nitrogens is 1. The lowest BCUT2D eigenvalue weighted by atomic mass is 10.1. The molecule has 2 N–H and O–H groups in total. The van der Waals surface area contributed by atoms with E-state index in [1.807, 2.05) is 4.90 Å². The average Bonchev–Trinajstić information content (AvgIpc) is 3.56. The number of nitrogens with one attached hydrogen (secondary N) is 1. The third-order valence-electron chi connectivity index (χ3n) is 6.11. The van der Waals surface area contributed by atoms with Gasteiger partial charge in [-0.05, 0) is 35.9 Å². The molecule has 4 aromatic rings. The molecular formula is C25H22F7N5O5S. The summed E-state index contributed by atoms with van der Waals surface area (Å²) in [6.45, 7) is 4.34. The molecule has 10 nitrogen and oxygen atoms in total. The number of carboxylic acid groups (broad SMARTS) is 1. The van der Waals surface area contributed by atoms with E-state index in [1.54, 1.807) is 6.07 Å². The number of morpholine rings is 1. The van der Waals surface area contributed by atoms with Crippen LogP contribution in [0.25, 0.3) is 21.6 Å². The quantitative estimate of drug-likeness (QED) is 0.276. The molecule has 0 spiro atoms. The number of aliphatic carboxylic acids is 1. The molecule has 1 aliphatic heterocycles. The molecule has 1 fully saturated rings. The highest BCUT2D eigenvalue weighted by Crippen LogP contribution is 2.36. The van der Waals surface area contributed by atoms with Crippen LogP contribution in [-0.4, -0.2) is 76.7 Å². The van der Waals surface area contributed by atoms with Crippen molar-refractivity contribution in [2.24, 2.45) is 0 Å². The van der Waals surface area contributed by atoms with Crippen LogP contribution >= 0.6 is 11.3 Å². The van der Waals surface area contributed by atoms with Crippen molar-refractivity contribution in [1.29, 1.82) is 0 Å². The number of rotatable bonds is 7. The molecule has 1 saturated heterocycles. The van der Waals surface area contributed by atoms with Gasteiger partial charge in [-0.1, -0.05) is 22.6 Å². The van der Waals surface area contributed by atoms with Crippen LogP contribution in [0.4, 0.5) is 35.9 Å². The summed E-state index contributed by atoms with van der Waals surface area (Å²) in [4.78, 5) is 31.1. The van der Waals surface area contributed by atoms with E-state index in [9.17, 15) is 35.5 Å². The molecule has 43 heavy (non-hydrogen) atoms. The molecule has 0 aliphatic carbocycles. The van der Waals surface area contributed by atoms with E-state index in [0.717, 1.165) is 36.6 Å². The summed E-state index contributed by atoms with van der Waals surface area (Å²) in [6, 6.07) is 8.01. The number of benzene rings is 2. The second-order valence-corrected chi connectivity index (χ2v) is 10.1. The van der Waals surface area contributed by atoms with E-state index in [4.69, 9.17) is 14.6 Å². The molecule has 232 valence electrons. The van der Waals surface area contributed by atoms with Gasteiger partial charge in [0.2, 0.25) is 0 Å². The fourth-order valence-corrected chi connectivity index (χ4v) is 5.00. The molecule has 5 rings (SSSR count). The number of ether oxygens (including phenoxy) is 1. The number of alkyl halides is 6. The highest BCUT2D eigenvalue weighted by molar-refractivity contribution is 7.22. The Morgan fingerprint density at radius 3 is 2.37 bits per heavy atom. The predicted octanol–water partition coefficient (Wildman–Crippen LogP) is 4.77. The second kappa shape index (κ2) is 13.1. The van der Waals surface area contributed by atoms with Gasteiger partial charge in [0.25, 0.3) is 0 Å². The summed E-state index contributed by atoms with van der Waals surface area (Å²) in [7, 11) is 0. The Morgan fingerprint density at radius 2 is 1.79 bits per heavy atom. The minimum Gasteiger partial charge on any atom is -0.475 e. The van der Waals surface area contributed by atoms with Gasteiger partial charge >= 0.3 is 24.1 Å². The maximum Gasteiger partial charge on any atom is 0.490 e. The van der Waals surface area contributed by atoms with Crippen LogP contribution in [0, 0.1) is 5.82 Å². The zero-order valence-electron chi connectivity index (χ0n) is 21.8. The highest BCUT2D eigenvalue weighted by atomic mass is 32.1. The molecule has 0 radical (unpaired) electrons. The fraction of sp³-hybridized carbons (Fsp3) is 0.360. The smallest absolute Gasteiger partial charge is 0.475 e. The lowest BCUT2D eigenvalue weighted by Gasteiger charge is -2.30. The molecule has 18 heteroatoms. The van der Waals surface area contributed by atoms with Crippen LogP contribution < -0.4 is 10.7 Å². The summed E-state index contributed by atoms with van der Waals surface area (Å²) < 4.78 is 96.4. The minimum absolute atomic E-state index is 0.0140. The van der Waals surface area contributed by atoms with Gasteiger partial charge in [0.05, 0.1) is 34.6 Å². The van der Waals surface area contributed by atoms with Gasteiger partial charge in [0, 0.05) is 32.7 Å². The number of hydrogen-bond acceptors (Lipinski definition) is 9. The van der Waals surface area contributed by atoms with Crippen molar-refractivity contribution >= 4 is 32.7 Å². The first-order valence-corrected chi connectivity index (χ1v) is 13.2. The minimum atomic E-state index is -5.08. The number of carbonyl (C=O) groups is 1. The fourth-order valence-electron chi connectivity index (χ4n) is 3.97. The van der Waals surface area contributed by atoms with Gasteiger partial charge in [-0.25, -0.2) is 19.0 Å². The van der Waals surface area contributed by atoms with Gasteiger partial charge < -0.3 is 14.7 Å². The van der Waals surface area contributed by atoms with E-state index in [-0.39, 0.29) is 17.9 Å². The number of carboxylic acids is 1. The number of aromatic nitrogens is 3. The lowest BCUT2D eigenvalue weighted by Crippen LogP contribution is -2.41. The largest absolute Gasteiger partial charge is 0.490 e. The first-order chi connectivity index (χ1) is 20.2. The van der Waals surface area contributed by atoms with Crippen LogP contribution in [0.15, 0.2) is 45.7 Å². The molecule has 1 aliphatic rings. The van der Waals surface area contributed by atoms with Crippen molar-refractivity contribution in [3.8, 4) is 11.4 Å². The first kappa shape index (κ1) is 31.9. The number of thiazole rings is 1. The topological polar surface area (TPSA) is 125 Å². The molecule has 2 aromatic carbocycles. The number of halogens is 7. The van der Waals surface area contributed by atoms with E-state index in [1.165, 1.54) is 18.2 Å². The van der Waals surface area contributed by atoms with E-state index < -0.39 is 35.5 Å². The average molecular weight is 638 g/mol. The molecule has 2 aromatic heterocycles. The van der Waals surface area contributed by atoms with Gasteiger partial charge in [0.15, 0.2) is 11.0 Å². The zero-order valence-corrected chi connectivity index (χ0v) is 22.7. The zero-order chi connectivity index (χ0) is 31.4. The van der Waals surface area contributed by atoms with Crippen molar-refractivity contribution in [3.63, 3.8) is 0 Å². The molecule has 0 bridgehead atoms. The van der Waals surface area contributed by atoms with Crippen molar-refractivity contribution in [3.05, 3.63) is 63.9 Å². The van der Waals surface area contributed by atoms with Gasteiger partial charge in [-0.3, -0.25) is 14.4 Å². The maximum atomic E-state index is 14.8. The van der Waals surface area contributed by atoms with Crippen LogP contribution in [-0.2, 0) is 22.3 Å². The van der Waals surface area contributed by atoms with Crippen molar-refractivity contribution < 1.29 is 49.9 Å². The normalized spacial score (nSPS) is 14.4. The molecule has 0 amide bonds.